The minimum atomic E-state index is -2.33. The van der Waals surface area contributed by atoms with E-state index in [0.717, 1.165) is 61.8 Å². The predicted octanol–water partition coefficient (Wildman–Crippen LogP) is 11.7. The van der Waals surface area contributed by atoms with Crippen LogP contribution in [0.1, 0.15) is 86.7 Å². The Kier molecular flexibility index (Phi) is 9.64. The van der Waals surface area contributed by atoms with Crippen molar-refractivity contribution in [3.8, 4) is 28.3 Å². The van der Waals surface area contributed by atoms with Crippen LogP contribution in [-0.4, -0.2) is 24.7 Å². The summed E-state index contributed by atoms with van der Waals surface area (Å²) >= 11 is 0. The van der Waals surface area contributed by atoms with Gasteiger partial charge in [0.1, 0.15) is 11.1 Å². The number of nitrogens with zero attached hydrogens (tertiary/aromatic N) is 5. The van der Waals surface area contributed by atoms with Crippen molar-refractivity contribution in [1.29, 1.82) is 0 Å². The number of imidazole rings is 1. The molecule has 0 spiro atoms. The topological polar surface area (TPSA) is 69.6 Å². The molecule has 4 aromatic heterocycles. The molecule has 8 heteroatoms. The van der Waals surface area contributed by atoms with Gasteiger partial charge in [-0.15, -0.1) is 47.1 Å². The summed E-state index contributed by atoms with van der Waals surface area (Å²) in [6, 6.07) is 32.6. The van der Waals surface area contributed by atoms with E-state index in [4.69, 9.17) is 13.5 Å². The predicted molar refractivity (Wildman–Crippen MR) is 208 cm³/mol. The number of furan rings is 1. The Labute approximate surface area is 328 Å². The van der Waals surface area contributed by atoms with Crippen LogP contribution in [0, 0.1) is 24.8 Å². The maximum absolute atomic E-state index is 14.1. The summed E-state index contributed by atoms with van der Waals surface area (Å²) in [5.41, 5.74) is 9.16. The number of hydrogen-bond donors (Lipinski definition) is 0. The zero-order valence-corrected chi connectivity index (χ0v) is 33.1. The standard InChI is InChI=1S/C29H25N4O.C16H17FN.Ir/c1-17(2)19-10-7-11-20(18(3)4)26(19)33-28(31-24-15-16-30-32-29(24)33)23-13-8-12-22-21-9-5-6-14-25(21)34-27(22)23;1-11-5-7-13(14(17)9-11)15-8-6-12(10-18-15)16(2,3)4;/h5-12,14-18H,1-4H3;5-6,8-10H,1-4H3;/q2*-1;/i;1D3;. The molecule has 6 nitrogen and oxygen atoms in total. The summed E-state index contributed by atoms with van der Waals surface area (Å²) in [5, 5.41) is 10.9. The summed E-state index contributed by atoms with van der Waals surface area (Å²) < 4.78 is 44.4. The number of hydrogen-bond acceptors (Lipinski definition) is 5. The second-order valence-corrected chi connectivity index (χ2v) is 14.6. The van der Waals surface area contributed by atoms with Gasteiger partial charge >= 0.3 is 0 Å². The van der Waals surface area contributed by atoms with Crippen LogP contribution >= 0.6 is 0 Å². The summed E-state index contributed by atoms with van der Waals surface area (Å²) in [6.45, 7) is 12.8. The Balaban J connectivity index is 0.000000209. The van der Waals surface area contributed by atoms with Gasteiger partial charge in [0.15, 0.2) is 5.65 Å². The Morgan fingerprint density at radius 2 is 1.62 bits per heavy atom. The molecule has 0 saturated carbocycles. The van der Waals surface area contributed by atoms with Crippen LogP contribution in [0.15, 0.2) is 102 Å². The van der Waals surface area contributed by atoms with E-state index in [1.54, 1.807) is 18.5 Å². The molecule has 8 rings (SSSR count). The van der Waals surface area contributed by atoms with Gasteiger partial charge in [0.2, 0.25) is 0 Å². The molecule has 1 radical (unpaired) electrons. The number of aryl methyl sites for hydroxylation is 1. The molecular formula is C45H42FIrN5O-2. The quantitative estimate of drug-likeness (QED) is 0.161. The monoisotopic (exact) mass is 883 g/mol. The van der Waals surface area contributed by atoms with E-state index < -0.39 is 12.7 Å². The molecule has 0 aliphatic carbocycles. The second-order valence-electron chi connectivity index (χ2n) is 14.6. The Bertz CT molecular complexity index is 2630. The van der Waals surface area contributed by atoms with Gasteiger partial charge < -0.3 is 14.0 Å². The van der Waals surface area contributed by atoms with E-state index in [0.29, 0.717) is 17.5 Å². The van der Waals surface area contributed by atoms with E-state index in [2.05, 4.69) is 111 Å². The van der Waals surface area contributed by atoms with Gasteiger partial charge in [-0.05, 0) is 51.8 Å². The number of aromatic nitrogens is 5. The zero-order chi connectivity index (χ0) is 39.2. The van der Waals surface area contributed by atoms with Gasteiger partial charge in [-0.1, -0.05) is 120 Å². The molecule has 53 heavy (non-hydrogen) atoms. The number of halogens is 1. The van der Waals surface area contributed by atoms with Crippen molar-refractivity contribution in [3.05, 3.63) is 138 Å². The summed E-state index contributed by atoms with van der Waals surface area (Å²) in [4.78, 5) is 9.31. The molecule has 4 aromatic carbocycles. The van der Waals surface area contributed by atoms with Crippen LogP contribution in [-0.2, 0) is 25.5 Å². The Morgan fingerprint density at radius 3 is 2.28 bits per heavy atom. The first-order chi connectivity index (χ1) is 26.1. The Hall–Kier alpha value is -5.04. The first-order valence-electron chi connectivity index (χ1n) is 19.0. The van der Waals surface area contributed by atoms with Gasteiger partial charge in [0.25, 0.3) is 0 Å². The molecule has 0 N–H and O–H groups in total. The number of para-hydroxylation sites is 2. The van der Waals surface area contributed by atoms with E-state index in [1.165, 1.54) is 17.2 Å². The second kappa shape index (κ2) is 15.1. The summed E-state index contributed by atoms with van der Waals surface area (Å²) in [5.74, 6) is 0.776. The van der Waals surface area contributed by atoms with Gasteiger partial charge in [-0.25, -0.2) is 0 Å². The fourth-order valence-electron chi connectivity index (χ4n) is 6.49. The Morgan fingerprint density at radius 1 is 0.868 bits per heavy atom. The maximum atomic E-state index is 14.1. The molecule has 0 amide bonds. The summed E-state index contributed by atoms with van der Waals surface area (Å²) in [7, 11) is 0. The maximum Gasteiger partial charge on any atom is 0.178 e. The van der Waals surface area contributed by atoms with Crippen molar-refractivity contribution in [3.63, 3.8) is 0 Å². The number of fused-ring (bicyclic) bond motifs is 4. The number of benzene rings is 4. The third kappa shape index (κ3) is 7.31. The van der Waals surface area contributed by atoms with E-state index in [1.807, 2.05) is 36.4 Å². The SMILES string of the molecule is CC(C)c1cccc(C(C)C)c1-n1c(-c2[c-]ccc3c2oc2ccccc23)nc2ccnnc21.[2H]C([2H])([2H])c1c[c-]c(-c2ccc(C(C)(C)C)cn2)c(F)c1.[Ir]. The van der Waals surface area contributed by atoms with Gasteiger partial charge in [-0.2, -0.15) is 5.10 Å². The zero-order valence-electron chi connectivity index (χ0n) is 33.7. The van der Waals surface area contributed by atoms with Crippen molar-refractivity contribution in [2.75, 3.05) is 0 Å². The third-order valence-electron chi connectivity index (χ3n) is 9.24. The summed E-state index contributed by atoms with van der Waals surface area (Å²) in [6.07, 6.45) is 3.40. The molecule has 0 aliphatic heterocycles. The molecule has 0 aliphatic rings. The molecule has 0 fully saturated rings. The molecule has 0 bridgehead atoms. The van der Waals surface area contributed by atoms with Crippen molar-refractivity contribution in [2.45, 2.75) is 72.6 Å². The van der Waals surface area contributed by atoms with Crippen molar-refractivity contribution in [1.82, 2.24) is 24.7 Å². The minimum absolute atomic E-state index is 0. The van der Waals surface area contributed by atoms with Gasteiger partial charge in [-0.3, -0.25) is 9.37 Å². The molecule has 4 heterocycles. The fourth-order valence-corrected chi connectivity index (χ4v) is 6.49. The van der Waals surface area contributed by atoms with Gasteiger partial charge in [0, 0.05) is 47.3 Å². The first kappa shape index (κ1) is 33.8. The van der Waals surface area contributed by atoms with Crippen LogP contribution < -0.4 is 0 Å². The van der Waals surface area contributed by atoms with E-state index in [-0.39, 0.29) is 36.6 Å². The average Bonchev–Trinajstić information content (AvgIpc) is 3.73. The van der Waals surface area contributed by atoms with E-state index >= 15 is 0 Å². The minimum Gasteiger partial charge on any atom is -0.501 e. The van der Waals surface area contributed by atoms with Crippen LogP contribution in [0.4, 0.5) is 4.39 Å². The normalized spacial score (nSPS) is 12.8. The third-order valence-corrected chi connectivity index (χ3v) is 9.24. The molecular weight excluding hydrogens is 838 g/mol. The van der Waals surface area contributed by atoms with Crippen molar-refractivity contribution < 1.29 is 33.0 Å². The molecule has 0 saturated heterocycles. The molecule has 0 unspecified atom stereocenters. The number of rotatable bonds is 5. The van der Waals surface area contributed by atoms with Crippen molar-refractivity contribution >= 4 is 33.1 Å². The smallest absolute Gasteiger partial charge is 0.178 e. The first-order valence-corrected chi connectivity index (χ1v) is 17.5. The van der Waals surface area contributed by atoms with Crippen LogP contribution in [0.5, 0.6) is 0 Å². The van der Waals surface area contributed by atoms with Crippen LogP contribution in [0.3, 0.4) is 0 Å². The largest absolute Gasteiger partial charge is 0.501 e. The fraction of sp³-hybridized carbons (Fsp3) is 0.244. The van der Waals surface area contributed by atoms with Gasteiger partial charge in [0.05, 0.1) is 17.6 Å². The molecule has 0 atom stereocenters. The number of pyridine rings is 1. The molecule has 8 aromatic rings. The van der Waals surface area contributed by atoms with E-state index in [9.17, 15) is 4.39 Å². The van der Waals surface area contributed by atoms with Crippen LogP contribution in [0.25, 0.3) is 61.4 Å². The molecule has 271 valence electrons. The average molecular weight is 883 g/mol. The van der Waals surface area contributed by atoms with Crippen molar-refractivity contribution in [2.24, 2.45) is 0 Å². The van der Waals surface area contributed by atoms with Crippen LogP contribution in [0.2, 0.25) is 0 Å².